The van der Waals surface area contributed by atoms with Gasteiger partial charge in [-0.05, 0) is 52.4 Å². The van der Waals surface area contributed by atoms with E-state index in [4.69, 9.17) is 47.0 Å². The molecule has 8 rings (SSSR count). The number of carbonyl (C=O) groups is 2. The summed E-state index contributed by atoms with van der Waals surface area (Å²) in [6.07, 6.45) is 2.49. The summed E-state index contributed by atoms with van der Waals surface area (Å²) in [7, 11) is 0. The third kappa shape index (κ3) is 7.23. The van der Waals surface area contributed by atoms with Crippen LogP contribution in [-0.2, 0) is 56.6 Å². The Morgan fingerprint density at radius 1 is 0.643 bits per heavy atom. The maximum absolute atomic E-state index is 14.6. The van der Waals surface area contributed by atoms with Crippen LogP contribution < -0.4 is 29.6 Å². The van der Waals surface area contributed by atoms with Crippen LogP contribution in [0.1, 0.15) is 107 Å². The molecule has 17 atom stereocenters. The second-order valence-electron chi connectivity index (χ2n) is 18.6. The fourth-order valence-electron chi connectivity index (χ4n) is 10.1. The van der Waals surface area contributed by atoms with Crippen LogP contribution in [0.2, 0.25) is 0 Å². The summed E-state index contributed by atoms with van der Waals surface area (Å²) in [5, 5.41) is 23.3. The molecule has 0 aromatic rings. The van der Waals surface area contributed by atoms with E-state index in [0.717, 1.165) is 0 Å². The molecule has 56 heavy (non-hydrogen) atoms. The largest absolute Gasteiger partial charge is 1.00 e. The minimum Gasteiger partial charge on any atom is -0.504 e. The molecule has 0 radical (unpaired) electrons. The zero-order valence-electron chi connectivity index (χ0n) is 34.4. The number of fused-ring (bicyclic) bond motifs is 8. The van der Waals surface area contributed by atoms with Crippen LogP contribution in [0.25, 0.3) is 0 Å². The van der Waals surface area contributed by atoms with E-state index in [1.807, 2.05) is 79.7 Å². The third-order valence-electron chi connectivity index (χ3n) is 14.3. The first-order chi connectivity index (χ1) is 25.9. The molecular weight excluding hydrogens is 738 g/mol. The van der Waals surface area contributed by atoms with Gasteiger partial charge in [0, 0.05) is 35.5 Å². The van der Waals surface area contributed by atoms with Crippen molar-refractivity contribution in [1.29, 1.82) is 0 Å². The first kappa shape index (κ1) is 43.2. The molecule has 11 bridgehead atoms. The first-order valence-electron chi connectivity index (χ1n) is 20.5. The zero-order chi connectivity index (χ0) is 39.3. The van der Waals surface area contributed by atoms with Gasteiger partial charge >= 0.3 is 48.5 Å². The van der Waals surface area contributed by atoms with Gasteiger partial charge in [-0.3, -0.25) is 0 Å². The molecule has 0 amide bonds. The quantitative estimate of drug-likeness (QED) is 0.204. The van der Waals surface area contributed by atoms with E-state index in [9.17, 15) is 19.8 Å². The average molecular weight is 799 g/mol. The van der Waals surface area contributed by atoms with E-state index in [1.165, 1.54) is 0 Å². The summed E-state index contributed by atoms with van der Waals surface area (Å²) in [5.41, 5.74) is -1.64. The van der Waals surface area contributed by atoms with Gasteiger partial charge in [-0.1, -0.05) is 65.8 Å². The molecule has 0 aliphatic carbocycles. The predicted octanol–water partition coefficient (Wildman–Crippen LogP) is 1.15. The number of aliphatic hydroxyl groups is 2. The van der Waals surface area contributed by atoms with E-state index in [-0.39, 0.29) is 41.8 Å². The monoisotopic (exact) mass is 798 g/mol. The first-order valence-corrected chi connectivity index (χ1v) is 20.5. The molecule has 8 aliphatic heterocycles. The standard InChI is InChI=1S/C40H60BO14.Na/c1-21-15-17-31-37(5,6)29(42)13-9-11-26-20-28(24(4)47-26)49-36(45)34-40-22(2)16-18-32(51-40)38(7,8)30(43)14-10-12-25-19-27(23(3)46-25)48-35(44)33-39(21,50-31)54-41(52-33,53-34)55-40;/h9-12,21-34,42-43H,13-20H2,1-8H3;/q-1;+1/b11-9+,12-10+;/t21-,22-,23-,24-,25-,26-,27+,28+,29-,30-,31+,32+,33+,34+,39+,40?,41?;/m1./s1. The fraction of sp³-hybridized carbons (Fsp3) is 0.850. The summed E-state index contributed by atoms with van der Waals surface area (Å²) in [4.78, 5) is 29.2. The summed E-state index contributed by atoms with van der Waals surface area (Å²) in [6, 6.07) is 0. The normalized spacial score (nSPS) is 52.3. The van der Waals surface area contributed by atoms with Crippen molar-refractivity contribution in [3.05, 3.63) is 24.3 Å². The number of hydrogen-bond acceptors (Lipinski definition) is 14. The van der Waals surface area contributed by atoms with Crippen molar-refractivity contribution in [2.24, 2.45) is 22.7 Å². The predicted molar refractivity (Wildman–Crippen MR) is 194 cm³/mol. The summed E-state index contributed by atoms with van der Waals surface area (Å²) in [6.45, 7) is 11.8. The van der Waals surface area contributed by atoms with E-state index in [0.29, 0.717) is 51.4 Å². The van der Waals surface area contributed by atoms with Crippen LogP contribution in [0.4, 0.5) is 0 Å². The second-order valence-corrected chi connectivity index (χ2v) is 18.6. The van der Waals surface area contributed by atoms with Crippen LogP contribution in [0.3, 0.4) is 0 Å². The molecule has 8 aliphatic rings. The Bertz CT molecular complexity index is 1450. The maximum Gasteiger partial charge on any atom is 1.00 e. The minimum atomic E-state index is -3.42. The van der Waals surface area contributed by atoms with Crippen LogP contribution in [0, 0.1) is 22.7 Å². The smallest absolute Gasteiger partial charge is 0.504 e. The summed E-state index contributed by atoms with van der Waals surface area (Å²) < 4.78 is 65.8. The second kappa shape index (κ2) is 15.5. The van der Waals surface area contributed by atoms with E-state index >= 15 is 0 Å². The van der Waals surface area contributed by atoms with E-state index in [2.05, 4.69) is 0 Å². The van der Waals surface area contributed by atoms with Crippen molar-refractivity contribution < 1.29 is 96.4 Å². The number of rotatable bonds is 0. The average Bonchev–Trinajstić information content (AvgIpc) is 3.84. The molecule has 8 heterocycles. The Morgan fingerprint density at radius 2 is 1.04 bits per heavy atom. The molecule has 14 nitrogen and oxygen atoms in total. The Balaban J connectivity index is 0.00000480. The Morgan fingerprint density at radius 3 is 1.43 bits per heavy atom. The van der Waals surface area contributed by atoms with E-state index in [1.54, 1.807) is 0 Å². The van der Waals surface area contributed by atoms with Crippen molar-refractivity contribution in [1.82, 2.24) is 0 Å². The van der Waals surface area contributed by atoms with Crippen molar-refractivity contribution in [2.45, 2.75) is 192 Å². The number of hydrogen-bond donors (Lipinski definition) is 2. The number of aliphatic hydroxyl groups excluding tert-OH is 2. The Kier molecular flexibility index (Phi) is 12.0. The molecule has 16 heteroatoms. The van der Waals surface area contributed by atoms with Gasteiger partial charge in [0.15, 0.2) is 23.8 Å². The van der Waals surface area contributed by atoms with Gasteiger partial charge in [0.05, 0.1) is 48.8 Å². The molecule has 0 aromatic heterocycles. The van der Waals surface area contributed by atoms with Crippen LogP contribution in [0.15, 0.2) is 24.3 Å². The van der Waals surface area contributed by atoms with Crippen LogP contribution in [0.5, 0.6) is 0 Å². The van der Waals surface area contributed by atoms with Gasteiger partial charge in [-0.15, -0.1) is 0 Å². The molecule has 308 valence electrons. The Labute approximate surface area is 352 Å². The van der Waals surface area contributed by atoms with Gasteiger partial charge in [-0.2, -0.15) is 0 Å². The van der Waals surface area contributed by atoms with Gasteiger partial charge in [0.1, 0.15) is 12.2 Å². The van der Waals surface area contributed by atoms with Crippen molar-refractivity contribution >= 4 is 18.9 Å². The van der Waals surface area contributed by atoms with Crippen molar-refractivity contribution in [2.75, 3.05) is 0 Å². The van der Waals surface area contributed by atoms with E-state index < -0.39 is 114 Å². The number of ether oxygens (including phenoxy) is 6. The SMILES string of the molecule is C[C@@H]1CC[C@@H]2OC13O[B-]14O[C@H]3C(=O)O[C@H]3C[C@@H](/C=C/C[C@@H](O)C(C)(C)[C@@H]5CC[C@@H](C)[C@](O5)(O1)[C@@H](O4)C(=O)O[C@H]1C[C@@H](/C=C/C[C@@H](O)C2(C)C)O[C@@H]1C)O[C@@H]3C.[Na+]. The third-order valence-corrected chi connectivity index (χ3v) is 14.3. The van der Waals surface area contributed by atoms with Gasteiger partial charge in [0.25, 0.3) is 0 Å². The number of carbonyl (C=O) groups excluding carboxylic acids is 2. The Hall–Kier alpha value is -0.915. The summed E-state index contributed by atoms with van der Waals surface area (Å²) >= 11 is 0. The molecule has 2 N–H and O–H groups in total. The van der Waals surface area contributed by atoms with Crippen LogP contribution in [-0.4, -0.2) is 114 Å². The summed E-state index contributed by atoms with van der Waals surface area (Å²) in [5.74, 6) is -6.02. The molecule has 3 spiro atoms. The van der Waals surface area contributed by atoms with Crippen LogP contribution >= 0.6 is 0 Å². The maximum atomic E-state index is 14.6. The zero-order valence-corrected chi connectivity index (χ0v) is 36.4. The molecule has 6 saturated heterocycles. The molecule has 2 unspecified atom stereocenters. The van der Waals surface area contributed by atoms with Gasteiger partial charge in [0.2, 0.25) is 0 Å². The molecule has 0 saturated carbocycles. The molecule has 6 fully saturated rings. The van der Waals surface area contributed by atoms with Gasteiger partial charge in [-0.25, -0.2) is 9.59 Å². The number of esters is 2. The van der Waals surface area contributed by atoms with Crippen molar-refractivity contribution in [3.8, 4) is 0 Å². The fourth-order valence-corrected chi connectivity index (χ4v) is 10.1. The molecule has 0 aromatic carbocycles. The van der Waals surface area contributed by atoms with Crippen molar-refractivity contribution in [3.63, 3.8) is 0 Å². The topological polar surface area (TPSA) is 167 Å². The minimum absolute atomic E-state index is 0. The van der Waals surface area contributed by atoms with Gasteiger partial charge < -0.3 is 57.3 Å². The molecular formula is C40H60BNaO14.